The highest BCUT2D eigenvalue weighted by Crippen LogP contribution is 2.36. The van der Waals surface area contributed by atoms with Gasteiger partial charge in [0.1, 0.15) is 0 Å². The van der Waals surface area contributed by atoms with E-state index < -0.39 is 33.4 Å². The zero-order valence-electron chi connectivity index (χ0n) is 20.8. The summed E-state index contributed by atoms with van der Waals surface area (Å²) in [6.07, 6.45) is 0.576. The van der Waals surface area contributed by atoms with Gasteiger partial charge in [0.05, 0.1) is 28.2 Å². The van der Waals surface area contributed by atoms with E-state index >= 15 is 0 Å². The Balaban J connectivity index is 1.46. The van der Waals surface area contributed by atoms with E-state index in [0.717, 1.165) is 5.56 Å². The average Bonchev–Trinajstić information content (AvgIpc) is 3.24. The van der Waals surface area contributed by atoms with Crippen molar-refractivity contribution in [2.24, 2.45) is 0 Å². The molecule has 0 unspecified atom stereocenters. The van der Waals surface area contributed by atoms with Crippen LogP contribution < -0.4 is 14.4 Å². The standard InChI is InChI=1S/C26H25N3O8S/c1-16-11-23(29(32)33)24(36-3)14-21(16)27-25(30)15-37-26(31)19-8-6-9-20(13-19)38(34,35)28-17(2)12-18-7-4-5-10-22(18)28/h4-11,13-14,17H,12,15H2,1-3H3,(H,27,30)/t17-/m1/s1. The number of aryl methyl sites for hydroxylation is 1. The van der Waals surface area contributed by atoms with E-state index in [-0.39, 0.29) is 33.6 Å². The zero-order chi connectivity index (χ0) is 27.6. The van der Waals surface area contributed by atoms with E-state index in [1.54, 1.807) is 19.1 Å². The van der Waals surface area contributed by atoms with Gasteiger partial charge < -0.3 is 14.8 Å². The van der Waals surface area contributed by atoms with E-state index in [4.69, 9.17) is 9.47 Å². The molecule has 38 heavy (non-hydrogen) atoms. The molecule has 0 aromatic heterocycles. The molecule has 3 aromatic carbocycles. The van der Waals surface area contributed by atoms with Gasteiger partial charge >= 0.3 is 11.7 Å². The van der Waals surface area contributed by atoms with Crippen molar-refractivity contribution in [2.45, 2.75) is 31.2 Å². The smallest absolute Gasteiger partial charge is 0.338 e. The molecule has 0 aliphatic carbocycles. The molecule has 1 atom stereocenters. The number of methoxy groups -OCH3 is 1. The topological polar surface area (TPSA) is 145 Å². The number of rotatable bonds is 8. The summed E-state index contributed by atoms with van der Waals surface area (Å²) in [5.41, 5.74) is 1.89. The summed E-state index contributed by atoms with van der Waals surface area (Å²) in [4.78, 5) is 35.5. The first-order chi connectivity index (χ1) is 18.0. The number of fused-ring (bicyclic) bond motifs is 1. The molecule has 1 N–H and O–H groups in total. The molecule has 0 saturated heterocycles. The number of nitrogens with zero attached hydrogens (tertiary/aromatic N) is 2. The number of sulfonamides is 1. The van der Waals surface area contributed by atoms with Crippen molar-refractivity contribution in [1.29, 1.82) is 0 Å². The summed E-state index contributed by atoms with van der Waals surface area (Å²) in [6, 6.07) is 15.0. The van der Waals surface area contributed by atoms with E-state index in [2.05, 4.69) is 5.32 Å². The summed E-state index contributed by atoms with van der Waals surface area (Å²) in [5, 5.41) is 13.7. The van der Waals surface area contributed by atoms with Gasteiger partial charge in [0.2, 0.25) is 0 Å². The van der Waals surface area contributed by atoms with Crippen molar-refractivity contribution in [1.82, 2.24) is 0 Å². The van der Waals surface area contributed by atoms with Crippen molar-refractivity contribution in [3.63, 3.8) is 0 Å². The fourth-order valence-electron chi connectivity index (χ4n) is 4.31. The molecule has 1 amide bonds. The number of hydrogen-bond donors (Lipinski definition) is 1. The average molecular weight is 540 g/mol. The molecule has 198 valence electrons. The Bertz CT molecular complexity index is 1540. The Kier molecular flexibility index (Phi) is 7.35. The second-order valence-electron chi connectivity index (χ2n) is 8.73. The number of carbonyl (C=O) groups is 2. The first kappa shape index (κ1) is 26.6. The third-order valence-electron chi connectivity index (χ3n) is 6.10. The summed E-state index contributed by atoms with van der Waals surface area (Å²) < 4.78 is 38.4. The van der Waals surface area contributed by atoms with Crippen LogP contribution in [0.2, 0.25) is 0 Å². The maximum absolute atomic E-state index is 13.5. The van der Waals surface area contributed by atoms with E-state index in [1.165, 1.54) is 47.8 Å². The molecular formula is C26H25N3O8S. The highest BCUT2D eigenvalue weighted by molar-refractivity contribution is 7.92. The molecule has 0 spiro atoms. The van der Waals surface area contributed by atoms with Gasteiger partial charge in [-0.1, -0.05) is 24.3 Å². The van der Waals surface area contributed by atoms with Crippen LogP contribution in [0.5, 0.6) is 5.75 Å². The van der Waals surface area contributed by atoms with Gasteiger partial charge in [0, 0.05) is 23.9 Å². The summed E-state index contributed by atoms with van der Waals surface area (Å²) >= 11 is 0. The van der Waals surface area contributed by atoms with Crippen LogP contribution in [0.3, 0.4) is 0 Å². The largest absolute Gasteiger partial charge is 0.490 e. The fourth-order valence-corrected chi connectivity index (χ4v) is 6.05. The lowest BCUT2D eigenvalue weighted by Gasteiger charge is -2.24. The number of anilines is 2. The minimum absolute atomic E-state index is 0.0350. The van der Waals surface area contributed by atoms with Gasteiger partial charge in [-0.2, -0.15) is 0 Å². The number of amides is 1. The molecule has 1 heterocycles. The highest BCUT2D eigenvalue weighted by Gasteiger charge is 2.36. The molecule has 12 heteroatoms. The predicted octanol–water partition coefficient (Wildman–Crippen LogP) is 3.85. The normalized spacial score (nSPS) is 14.5. The Hall–Kier alpha value is -4.45. The van der Waals surface area contributed by atoms with Gasteiger partial charge in [-0.25, -0.2) is 13.2 Å². The highest BCUT2D eigenvalue weighted by atomic mass is 32.2. The van der Waals surface area contributed by atoms with E-state index in [0.29, 0.717) is 17.7 Å². The van der Waals surface area contributed by atoms with Gasteiger partial charge in [0.25, 0.3) is 15.9 Å². The molecule has 0 fully saturated rings. The lowest BCUT2D eigenvalue weighted by Crippen LogP contribution is -2.35. The van der Waals surface area contributed by atoms with Crippen LogP contribution in [0.15, 0.2) is 65.6 Å². The number of ether oxygens (including phenoxy) is 2. The Morgan fingerprint density at radius 2 is 1.87 bits per heavy atom. The predicted molar refractivity (Wildman–Crippen MR) is 139 cm³/mol. The van der Waals surface area contributed by atoms with Crippen molar-refractivity contribution in [3.8, 4) is 5.75 Å². The zero-order valence-corrected chi connectivity index (χ0v) is 21.7. The van der Waals surface area contributed by atoms with Crippen LogP contribution in [0.25, 0.3) is 0 Å². The van der Waals surface area contributed by atoms with Gasteiger partial charge in [-0.05, 0) is 55.7 Å². The molecule has 0 radical (unpaired) electrons. The summed E-state index contributed by atoms with van der Waals surface area (Å²) in [7, 11) is -2.70. The van der Waals surface area contributed by atoms with Gasteiger partial charge in [0.15, 0.2) is 12.4 Å². The summed E-state index contributed by atoms with van der Waals surface area (Å²) in [5.74, 6) is -1.62. The summed E-state index contributed by atoms with van der Waals surface area (Å²) in [6.45, 7) is 2.72. The lowest BCUT2D eigenvalue weighted by molar-refractivity contribution is -0.385. The number of nitro groups is 1. The second kappa shape index (κ2) is 10.5. The number of nitro benzene ring substituents is 1. The molecule has 3 aromatic rings. The van der Waals surface area contributed by atoms with E-state index in [9.17, 15) is 28.1 Å². The first-order valence-electron chi connectivity index (χ1n) is 11.6. The molecule has 0 saturated carbocycles. The maximum Gasteiger partial charge on any atom is 0.338 e. The number of benzene rings is 3. The molecule has 11 nitrogen and oxygen atoms in total. The van der Waals surface area contributed by atoms with Crippen molar-refractivity contribution in [3.05, 3.63) is 87.5 Å². The molecule has 4 rings (SSSR count). The maximum atomic E-state index is 13.5. The quantitative estimate of drug-likeness (QED) is 0.258. The van der Waals surface area contributed by atoms with Crippen molar-refractivity contribution >= 4 is 39.0 Å². The Morgan fingerprint density at radius 3 is 2.58 bits per heavy atom. The SMILES string of the molecule is COc1cc(NC(=O)COC(=O)c2cccc(S(=O)(=O)N3c4ccccc4C[C@H]3C)c2)c(C)cc1[N+](=O)[O-]. The minimum Gasteiger partial charge on any atom is -0.490 e. The molecule has 0 bridgehead atoms. The first-order valence-corrected chi connectivity index (χ1v) is 13.0. The monoisotopic (exact) mass is 539 g/mol. The van der Waals surface area contributed by atoms with Crippen LogP contribution in [-0.2, 0) is 26.0 Å². The van der Waals surface area contributed by atoms with Crippen molar-refractivity contribution < 1.29 is 32.4 Å². The number of para-hydroxylation sites is 1. The molecular weight excluding hydrogens is 514 g/mol. The van der Waals surface area contributed by atoms with Crippen LogP contribution in [0.1, 0.15) is 28.4 Å². The van der Waals surface area contributed by atoms with Crippen LogP contribution >= 0.6 is 0 Å². The van der Waals surface area contributed by atoms with Crippen LogP contribution in [0, 0.1) is 17.0 Å². The lowest BCUT2D eigenvalue weighted by atomic mass is 10.1. The number of hydrogen-bond acceptors (Lipinski definition) is 8. The van der Waals surface area contributed by atoms with Crippen molar-refractivity contribution in [2.75, 3.05) is 23.3 Å². The minimum atomic E-state index is -3.96. The van der Waals surface area contributed by atoms with Gasteiger partial charge in [-0.3, -0.25) is 19.2 Å². The molecule has 1 aliphatic rings. The molecule has 1 aliphatic heterocycles. The Morgan fingerprint density at radius 1 is 1.13 bits per heavy atom. The Labute approximate surface area is 219 Å². The number of esters is 1. The van der Waals surface area contributed by atoms with Crippen LogP contribution in [-0.4, -0.2) is 45.0 Å². The fraction of sp³-hybridized carbons (Fsp3) is 0.231. The number of nitrogens with one attached hydrogen (secondary N) is 1. The van der Waals surface area contributed by atoms with Crippen LogP contribution in [0.4, 0.5) is 17.1 Å². The van der Waals surface area contributed by atoms with E-state index in [1.807, 2.05) is 19.1 Å². The second-order valence-corrected chi connectivity index (χ2v) is 10.5. The number of carbonyl (C=O) groups excluding carboxylic acids is 2. The third kappa shape index (κ3) is 5.16. The van der Waals surface area contributed by atoms with Gasteiger partial charge in [-0.15, -0.1) is 0 Å². The third-order valence-corrected chi connectivity index (χ3v) is 8.03.